The summed E-state index contributed by atoms with van der Waals surface area (Å²) in [5.74, 6) is 0.850. The van der Waals surface area contributed by atoms with Crippen LogP contribution in [0.3, 0.4) is 0 Å². The molecule has 0 amide bonds. The number of nitrogens with one attached hydrogen (secondary N) is 1. The van der Waals surface area contributed by atoms with Gasteiger partial charge in [-0.05, 0) is 30.8 Å². The van der Waals surface area contributed by atoms with E-state index in [1.165, 1.54) is 19.3 Å². The number of hydrogen-bond donors (Lipinski definition) is 2. The van der Waals surface area contributed by atoms with Gasteiger partial charge in [0.1, 0.15) is 5.75 Å². The van der Waals surface area contributed by atoms with Gasteiger partial charge in [-0.2, -0.15) is 0 Å². The van der Waals surface area contributed by atoms with Crippen LogP contribution >= 0.6 is 12.2 Å². The molecule has 0 aliphatic carbocycles. The lowest BCUT2D eigenvalue weighted by atomic mass is 10.2. The number of ether oxygens (including phenoxy) is 1. The van der Waals surface area contributed by atoms with Crippen LogP contribution in [-0.4, -0.2) is 11.7 Å². The number of thiocarbonyl (C=S) groups is 1. The number of hydrogen-bond acceptors (Lipinski definition) is 2. The predicted octanol–water partition coefficient (Wildman–Crippen LogP) is 3.30. The van der Waals surface area contributed by atoms with E-state index in [2.05, 4.69) is 12.2 Å². The Morgan fingerprint density at radius 2 is 2.18 bits per heavy atom. The van der Waals surface area contributed by atoms with Crippen LogP contribution in [0.5, 0.6) is 5.75 Å². The van der Waals surface area contributed by atoms with E-state index in [1.807, 2.05) is 24.3 Å². The molecule has 0 spiro atoms. The highest BCUT2D eigenvalue weighted by Crippen LogP contribution is 2.17. The molecule has 3 nitrogen and oxygen atoms in total. The highest BCUT2D eigenvalue weighted by atomic mass is 32.1. The van der Waals surface area contributed by atoms with Gasteiger partial charge in [0.15, 0.2) is 5.11 Å². The molecular formula is C13H20N2OS. The standard InChI is InChI=1S/C13H20N2OS/c1-2-3-4-5-9-16-12-8-6-7-11(10-12)15-13(14)17/h6-8,10H,2-5,9H2,1H3,(H3,14,15,17). The SMILES string of the molecule is CCCCCCOc1cccc(NC(N)=S)c1. The molecule has 0 aliphatic rings. The molecule has 0 unspecified atom stereocenters. The molecule has 0 saturated carbocycles. The smallest absolute Gasteiger partial charge is 0.168 e. The van der Waals surface area contributed by atoms with Crippen molar-refractivity contribution in [1.29, 1.82) is 0 Å². The van der Waals surface area contributed by atoms with Gasteiger partial charge >= 0.3 is 0 Å². The summed E-state index contributed by atoms with van der Waals surface area (Å²) in [6.45, 7) is 2.96. The van der Waals surface area contributed by atoms with Crippen molar-refractivity contribution in [3.63, 3.8) is 0 Å². The van der Waals surface area contributed by atoms with Crippen molar-refractivity contribution in [2.24, 2.45) is 5.73 Å². The molecule has 0 fully saturated rings. The minimum atomic E-state index is 0.269. The molecular weight excluding hydrogens is 232 g/mol. The van der Waals surface area contributed by atoms with E-state index in [-0.39, 0.29) is 5.11 Å². The van der Waals surface area contributed by atoms with Gasteiger partial charge in [-0.15, -0.1) is 0 Å². The second kappa shape index (κ2) is 7.90. The van der Waals surface area contributed by atoms with Crippen LogP contribution in [0, 0.1) is 0 Å². The molecule has 1 aromatic carbocycles. The van der Waals surface area contributed by atoms with Gasteiger partial charge in [-0.3, -0.25) is 0 Å². The van der Waals surface area contributed by atoms with Gasteiger partial charge < -0.3 is 15.8 Å². The molecule has 0 bridgehead atoms. The zero-order valence-electron chi connectivity index (χ0n) is 10.2. The Kier molecular flexibility index (Phi) is 6.40. The van der Waals surface area contributed by atoms with Crippen molar-refractivity contribution in [2.45, 2.75) is 32.6 Å². The van der Waals surface area contributed by atoms with Crippen molar-refractivity contribution in [2.75, 3.05) is 11.9 Å². The van der Waals surface area contributed by atoms with E-state index in [0.29, 0.717) is 0 Å². The minimum absolute atomic E-state index is 0.269. The quantitative estimate of drug-likeness (QED) is 0.577. The third kappa shape index (κ3) is 6.12. The second-order valence-electron chi connectivity index (χ2n) is 3.93. The summed E-state index contributed by atoms with van der Waals surface area (Å²) in [5, 5.41) is 3.15. The fraction of sp³-hybridized carbons (Fsp3) is 0.462. The summed E-state index contributed by atoms with van der Waals surface area (Å²) >= 11 is 4.78. The minimum Gasteiger partial charge on any atom is -0.494 e. The van der Waals surface area contributed by atoms with Crippen LogP contribution in [0.25, 0.3) is 0 Å². The predicted molar refractivity (Wildman–Crippen MR) is 76.5 cm³/mol. The number of unbranched alkanes of at least 4 members (excludes halogenated alkanes) is 3. The molecule has 94 valence electrons. The Hall–Kier alpha value is -1.29. The lowest BCUT2D eigenvalue weighted by molar-refractivity contribution is 0.305. The van der Waals surface area contributed by atoms with Crippen molar-refractivity contribution in [1.82, 2.24) is 0 Å². The Bertz CT molecular complexity index is 355. The molecule has 0 atom stereocenters. The first-order chi connectivity index (χ1) is 8.22. The maximum absolute atomic E-state index is 5.65. The zero-order chi connectivity index (χ0) is 12.5. The lowest BCUT2D eigenvalue weighted by Crippen LogP contribution is -2.18. The second-order valence-corrected chi connectivity index (χ2v) is 4.37. The molecule has 0 aliphatic heterocycles. The molecule has 3 N–H and O–H groups in total. The molecule has 0 saturated heterocycles. The Balaban J connectivity index is 2.35. The number of nitrogens with two attached hydrogens (primary N) is 1. The summed E-state index contributed by atoms with van der Waals surface area (Å²) in [6.07, 6.45) is 4.84. The third-order valence-electron chi connectivity index (χ3n) is 2.37. The third-order valence-corrected chi connectivity index (χ3v) is 2.47. The molecule has 4 heteroatoms. The Labute approximate surface area is 108 Å². The number of benzene rings is 1. The van der Waals surface area contributed by atoms with E-state index >= 15 is 0 Å². The molecule has 1 rings (SSSR count). The normalized spacial score (nSPS) is 9.94. The summed E-state index contributed by atoms with van der Waals surface area (Å²) in [5.41, 5.74) is 6.27. The summed E-state index contributed by atoms with van der Waals surface area (Å²) < 4.78 is 5.65. The summed E-state index contributed by atoms with van der Waals surface area (Å²) in [6, 6.07) is 7.66. The fourth-order valence-electron chi connectivity index (χ4n) is 1.52. The zero-order valence-corrected chi connectivity index (χ0v) is 11.1. The van der Waals surface area contributed by atoms with Crippen LogP contribution in [-0.2, 0) is 0 Å². The van der Waals surface area contributed by atoms with Crippen LogP contribution in [0.2, 0.25) is 0 Å². The lowest BCUT2D eigenvalue weighted by Gasteiger charge is -2.08. The summed E-state index contributed by atoms with van der Waals surface area (Å²) in [4.78, 5) is 0. The van der Waals surface area contributed by atoms with Gasteiger partial charge in [-0.1, -0.05) is 32.3 Å². The average molecular weight is 252 g/mol. The molecule has 0 aromatic heterocycles. The average Bonchev–Trinajstić information content (AvgIpc) is 2.28. The van der Waals surface area contributed by atoms with Gasteiger partial charge in [0.25, 0.3) is 0 Å². The largest absolute Gasteiger partial charge is 0.494 e. The highest BCUT2D eigenvalue weighted by Gasteiger charge is 1.97. The van der Waals surface area contributed by atoms with E-state index in [9.17, 15) is 0 Å². The van der Waals surface area contributed by atoms with Gasteiger partial charge in [0.2, 0.25) is 0 Å². The topological polar surface area (TPSA) is 47.3 Å². The fourth-order valence-corrected chi connectivity index (χ4v) is 1.64. The van der Waals surface area contributed by atoms with Crippen LogP contribution in [0.1, 0.15) is 32.6 Å². The maximum Gasteiger partial charge on any atom is 0.168 e. The maximum atomic E-state index is 5.65. The molecule has 0 radical (unpaired) electrons. The Morgan fingerprint density at radius 3 is 2.88 bits per heavy atom. The van der Waals surface area contributed by atoms with Crippen molar-refractivity contribution in [3.8, 4) is 5.75 Å². The molecule has 0 heterocycles. The molecule has 1 aromatic rings. The highest BCUT2D eigenvalue weighted by molar-refractivity contribution is 7.80. The first kappa shape index (κ1) is 13.8. The van der Waals surface area contributed by atoms with Gasteiger partial charge in [0, 0.05) is 11.8 Å². The van der Waals surface area contributed by atoms with Crippen molar-refractivity contribution < 1.29 is 4.74 Å². The van der Waals surface area contributed by atoms with Crippen LogP contribution < -0.4 is 15.8 Å². The first-order valence-electron chi connectivity index (χ1n) is 6.01. The Morgan fingerprint density at radius 1 is 1.35 bits per heavy atom. The molecule has 17 heavy (non-hydrogen) atoms. The van der Waals surface area contributed by atoms with Crippen molar-refractivity contribution >= 4 is 23.0 Å². The van der Waals surface area contributed by atoms with Crippen molar-refractivity contribution in [3.05, 3.63) is 24.3 Å². The van der Waals surface area contributed by atoms with E-state index in [0.717, 1.165) is 24.5 Å². The van der Waals surface area contributed by atoms with E-state index < -0.39 is 0 Å². The van der Waals surface area contributed by atoms with Gasteiger partial charge in [0.05, 0.1) is 6.61 Å². The number of anilines is 1. The monoisotopic (exact) mass is 252 g/mol. The van der Waals surface area contributed by atoms with Gasteiger partial charge in [-0.25, -0.2) is 0 Å². The van der Waals surface area contributed by atoms with Crippen LogP contribution in [0.15, 0.2) is 24.3 Å². The van der Waals surface area contributed by atoms with Crippen LogP contribution in [0.4, 0.5) is 5.69 Å². The summed E-state index contributed by atoms with van der Waals surface area (Å²) in [7, 11) is 0. The number of rotatable bonds is 7. The van der Waals surface area contributed by atoms with E-state index in [1.54, 1.807) is 0 Å². The van der Waals surface area contributed by atoms with E-state index in [4.69, 9.17) is 22.7 Å². The first-order valence-corrected chi connectivity index (χ1v) is 6.42.